The molecule has 0 aliphatic rings. The first-order valence-electron chi connectivity index (χ1n) is 9.02. The smallest absolute Gasteiger partial charge is 0.230 e. The van der Waals surface area contributed by atoms with Crippen LogP contribution >= 0.6 is 0 Å². The van der Waals surface area contributed by atoms with Crippen molar-refractivity contribution in [2.75, 3.05) is 23.3 Å². The normalized spacial score (nSPS) is 10.9. The van der Waals surface area contributed by atoms with Crippen molar-refractivity contribution in [1.82, 2.24) is 5.16 Å². The summed E-state index contributed by atoms with van der Waals surface area (Å²) in [5, 5.41) is 7.95. The van der Waals surface area contributed by atoms with Crippen LogP contribution in [-0.4, -0.2) is 24.2 Å². The van der Waals surface area contributed by atoms with Crippen LogP contribution in [0.4, 0.5) is 11.4 Å². The molecule has 0 atom stereocenters. The Kier molecular flexibility index (Phi) is 5.26. The van der Waals surface area contributed by atoms with E-state index in [4.69, 9.17) is 4.52 Å². The number of nitrogens with zero attached hydrogens (tertiary/aromatic N) is 2. The fourth-order valence-corrected chi connectivity index (χ4v) is 3.15. The van der Waals surface area contributed by atoms with Crippen LogP contribution in [0.2, 0.25) is 0 Å². The van der Waals surface area contributed by atoms with Gasteiger partial charge in [0, 0.05) is 29.9 Å². The van der Waals surface area contributed by atoms with Gasteiger partial charge >= 0.3 is 0 Å². The molecule has 1 N–H and O–H groups in total. The number of hydrogen-bond acceptors (Lipinski definition) is 4. The largest absolute Gasteiger partial charge is 0.372 e. The lowest BCUT2D eigenvalue weighted by Gasteiger charge is -2.22. The summed E-state index contributed by atoms with van der Waals surface area (Å²) in [6, 6.07) is 12.0. The number of anilines is 2. The Morgan fingerprint density at radius 3 is 2.58 bits per heavy atom. The van der Waals surface area contributed by atoms with Crippen LogP contribution in [0.1, 0.15) is 30.7 Å². The minimum atomic E-state index is -0.0969. The highest BCUT2D eigenvalue weighted by Crippen LogP contribution is 2.24. The Balaban J connectivity index is 1.74. The summed E-state index contributed by atoms with van der Waals surface area (Å²) in [5.41, 5.74) is 5.53. The summed E-state index contributed by atoms with van der Waals surface area (Å²) in [4.78, 5) is 14.8. The van der Waals surface area contributed by atoms with Crippen molar-refractivity contribution < 1.29 is 9.32 Å². The molecule has 1 aromatic heterocycles. The van der Waals surface area contributed by atoms with E-state index in [1.165, 1.54) is 5.69 Å². The minimum Gasteiger partial charge on any atom is -0.372 e. The third kappa shape index (κ3) is 3.72. The molecule has 0 unspecified atom stereocenters. The molecular weight excluding hydrogens is 326 g/mol. The lowest BCUT2D eigenvalue weighted by Crippen LogP contribution is -2.22. The Morgan fingerprint density at radius 1 is 1.12 bits per heavy atom. The molecule has 1 amide bonds. The van der Waals surface area contributed by atoms with Crippen LogP contribution in [-0.2, 0) is 11.2 Å². The molecule has 0 bridgehead atoms. The van der Waals surface area contributed by atoms with Gasteiger partial charge in [0.05, 0.1) is 6.42 Å². The van der Waals surface area contributed by atoms with Gasteiger partial charge in [0.1, 0.15) is 5.69 Å². The fraction of sp³-hybridized carbons (Fsp3) is 0.333. The molecule has 2 aromatic carbocycles. The molecule has 0 aliphatic heterocycles. The topological polar surface area (TPSA) is 58.4 Å². The predicted molar refractivity (Wildman–Crippen MR) is 106 cm³/mol. The second kappa shape index (κ2) is 7.60. The second-order valence-electron chi connectivity index (χ2n) is 6.53. The summed E-state index contributed by atoms with van der Waals surface area (Å²) in [5.74, 6) is -0.0969. The number of aromatic nitrogens is 1. The SMILES string of the molecule is CCN(CC)c1ccc(NC(=O)Cc2noc3ccc(C)cc23)c(C)c1. The average Bonchev–Trinajstić information content (AvgIpc) is 3.00. The number of hydrogen-bond donors (Lipinski definition) is 1. The Hall–Kier alpha value is -2.82. The van der Waals surface area contributed by atoms with Gasteiger partial charge in [-0.25, -0.2) is 0 Å². The third-order valence-electron chi connectivity index (χ3n) is 4.64. The van der Waals surface area contributed by atoms with Gasteiger partial charge in [-0.1, -0.05) is 16.8 Å². The molecule has 26 heavy (non-hydrogen) atoms. The summed E-state index contributed by atoms with van der Waals surface area (Å²) in [6.45, 7) is 10.2. The molecule has 0 radical (unpaired) electrons. The van der Waals surface area contributed by atoms with Gasteiger partial charge in [-0.05, 0) is 63.6 Å². The average molecular weight is 351 g/mol. The summed E-state index contributed by atoms with van der Waals surface area (Å²) < 4.78 is 5.31. The van der Waals surface area contributed by atoms with Crippen LogP contribution in [0.15, 0.2) is 40.9 Å². The number of aryl methyl sites for hydroxylation is 2. The number of carbonyl (C=O) groups is 1. The van der Waals surface area contributed by atoms with Crippen LogP contribution in [0.3, 0.4) is 0 Å². The Bertz CT molecular complexity index is 926. The lowest BCUT2D eigenvalue weighted by atomic mass is 10.1. The van der Waals surface area contributed by atoms with Crippen molar-refractivity contribution in [2.24, 2.45) is 0 Å². The van der Waals surface area contributed by atoms with Gasteiger partial charge in [0.15, 0.2) is 5.58 Å². The highest BCUT2D eigenvalue weighted by Gasteiger charge is 2.14. The van der Waals surface area contributed by atoms with E-state index in [1.807, 2.05) is 44.2 Å². The molecule has 0 aliphatic carbocycles. The molecule has 0 spiro atoms. The standard InChI is InChI=1S/C21H25N3O2/c1-5-24(6-2)16-8-9-18(15(4)12-16)22-21(25)13-19-17-11-14(3)7-10-20(17)26-23-19/h7-12H,5-6,13H2,1-4H3,(H,22,25). The molecule has 3 rings (SSSR count). The van der Waals surface area contributed by atoms with E-state index in [-0.39, 0.29) is 12.3 Å². The van der Waals surface area contributed by atoms with E-state index in [9.17, 15) is 4.79 Å². The number of carbonyl (C=O) groups excluding carboxylic acids is 1. The van der Waals surface area contributed by atoms with Crippen molar-refractivity contribution in [3.05, 3.63) is 53.2 Å². The quantitative estimate of drug-likeness (QED) is 0.712. The maximum atomic E-state index is 12.5. The van der Waals surface area contributed by atoms with E-state index in [2.05, 4.69) is 35.3 Å². The van der Waals surface area contributed by atoms with E-state index < -0.39 is 0 Å². The Labute approximate surface area is 154 Å². The number of benzene rings is 2. The first-order valence-corrected chi connectivity index (χ1v) is 9.02. The Morgan fingerprint density at radius 2 is 1.88 bits per heavy atom. The van der Waals surface area contributed by atoms with Gasteiger partial charge in [-0.15, -0.1) is 0 Å². The molecule has 0 saturated heterocycles. The van der Waals surface area contributed by atoms with Crippen molar-refractivity contribution in [1.29, 1.82) is 0 Å². The van der Waals surface area contributed by atoms with E-state index in [0.717, 1.165) is 35.3 Å². The van der Waals surface area contributed by atoms with Crippen LogP contribution in [0.5, 0.6) is 0 Å². The van der Waals surface area contributed by atoms with Gasteiger partial charge in [-0.2, -0.15) is 0 Å². The number of nitrogens with one attached hydrogen (secondary N) is 1. The zero-order valence-electron chi connectivity index (χ0n) is 15.8. The van der Waals surface area contributed by atoms with E-state index in [1.54, 1.807) is 0 Å². The van der Waals surface area contributed by atoms with Gasteiger partial charge in [-0.3, -0.25) is 4.79 Å². The maximum absolute atomic E-state index is 12.5. The van der Waals surface area contributed by atoms with Gasteiger partial charge in [0.2, 0.25) is 5.91 Å². The zero-order valence-corrected chi connectivity index (χ0v) is 15.8. The van der Waals surface area contributed by atoms with Crippen LogP contribution in [0, 0.1) is 13.8 Å². The second-order valence-corrected chi connectivity index (χ2v) is 6.53. The minimum absolute atomic E-state index is 0.0969. The molecule has 1 heterocycles. The summed E-state index contributed by atoms with van der Waals surface area (Å²) >= 11 is 0. The van der Waals surface area contributed by atoms with Crippen LogP contribution in [0.25, 0.3) is 11.0 Å². The number of rotatable bonds is 6. The maximum Gasteiger partial charge on any atom is 0.230 e. The van der Waals surface area contributed by atoms with E-state index >= 15 is 0 Å². The fourth-order valence-electron chi connectivity index (χ4n) is 3.15. The summed E-state index contributed by atoms with van der Waals surface area (Å²) in [6.07, 6.45) is 0.188. The number of fused-ring (bicyclic) bond motifs is 1. The monoisotopic (exact) mass is 351 g/mol. The first kappa shape index (κ1) is 18.0. The van der Waals surface area contributed by atoms with Gasteiger partial charge in [0.25, 0.3) is 0 Å². The zero-order chi connectivity index (χ0) is 18.7. The molecule has 5 nitrogen and oxygen atoms in total. The molecule has 0 saturated carbocycles. The predicted octanol–water partition coefficient (Wildman–Crippen LogP) is 4.47. The summed E-state index contributed by atoms with van der Waals surface area (Å²) in [7, 11) is 0. The van der Waals surface area contributed by atoms with Crippen LogP contribution < -0.4 is 10.2 Å². The molecule has 5 heteroatoms. The van der Waals surface area contributed by atoms with Crippen molar-refractivity contribution in [3.63, 3.8) is 0 Å². The van der Waals surface area contributed by atoms with Gasteiger partial charge < -0.3 is 14.7 Å². The molecule has 0 fully saturated rings. The highest BCUT2D eigenvalue weighted by atomic mass is 16.5. The van der Waals surface area contributed by atoms with Crippen molar-refractivity contribution in [2.45, 2.75) is 34.1 Å². The van der Waals surface area contributed by atoms with Crippen molar-refractivity contribution in [3.8, 4) is 0 Å². The molecular formula is C21H25N3O2. The lowest BCUT2D eigenvalue weighted by molar-refractivity contribution is -0.115. The molecule has 3 aromatic rings. The number of amides is 1. The molecule has 136 valence electrons. The highest BCUT2D eigenvalue weighted by molar-refractivity contribution is 5.95. The third-order valence-corrected chi connectivity index (χ3v) is 4.64. The first-order chi connectivity index (χ1) is 12.5. The van der Waals surface area contributed by atoms with E-state index in [0.29, 0.717) is 11.3 Å². The van der Waals surface area contributed by atoms with Crippen molar-refractivity contribution >= 4 is 28.3 Å².